The van der Waals surface area contributed by atoms with Crippen LogP contribution in [0.15, 0.2) is 54.9 Å². The third kappa shape index (κ3) is 4.39. The van der Waals surface area contributed by atoms with E-state index in [0.29, 0.717) is 30.2 Å². The molecule has 0 spiro atoms. The van der Waals surface area contributed by atoms with Gasteiger partial charge in [-0.2, -0.15) is 0 Å². The highest BCUT2D eigenvalue weighted by atomic mass is 35.5. The summed E-state index contributed by atoms with van der Waals surface area (Å²) in [4.78, 5) is 34.0. The zero-order valence-corrected chi connectivity index (χ0v) is 19.2. The number of rotatable bonds is 4. The lowest BCUT2D eigenvalue weighted by Crippen LogP contribution is -2.62. The van der Waals surface area contributed by atoms with Crippen LogP contribution < -0.4 is 0 Å². The molecule has 7 nitrogen and oxygen atoms in total. The number of hydrogen-bond donors (Lipinski definition) is 0. The maximum Gasteiger partial charge on any atom is 0.294 e. The SMILES string of the molecule is CCc1ccc(C(=O)N2CCN(C(=O)c3ncn(-c4cccc(Cl)c4)n3)C(C)(C)C2)cc1. The molecular weight excluding hydrogens is 426 g/mol. The van der Waals surface area contributed by atoms with E-state index in [4.69, 9.17) is 11.6 Å². The first-order valence-corrected chi connectivity index (χ1v) is 11.0. The largest absolute Gasteiger partial charge is 0.335 e. The van der Waals surface area contributed by atoms with Crippen LogP contribution in [-0.2, 0) is 6.42 Å². The van der Waals surface area contributed by atoms with Gasteiger partial charge in [-0.05, 0) is 56.2 Å². The van der Waals surface area contributed by atoms with E-state index in [1.807, 2.05) is 55.1 Å². The number of nitrogens with zero attached hydrogens (tertiary/aromatic N) is 5. The van der Waals surface area contributed by atoms with Crippen molar-refractivity contribution in [1.29, 1.82) is 0 Å². The van der Waals surface area contributed by atoms with Crippen LogP contribution in [-0.4, -0.2) is 61.6 Å². The smallest absolute Gasteiger partial charge is 0.294 e. The number of carbonyl (C=O) groups excluding carboxylic acids is 2. The summed E-state index contributed by atoms with van der Waals surface area (Å²) >= 11 is 6.05. The number of carbonyl (C=O) groups is 2. The summed E-state index contributed by atoms with van der Waals surface area (Å²) in [5.41, 5.74) is 2.03. The topological polar surface area (TPSA) is 71.3 Å². The van der Waals surface area contributed by atoms with Crippen molar-refractivity contribution in [2.75, 3.05) is 19.6 Å². The van der Waals surface area contributed by atoms with Gasteiger partial charge in [-0.1, -0.05) is 36.7 Å². The van der Waals surface area contributed by atoms with Crippen LogP contribution in [0.25, 0.3) is 5.69 Å². The molecule has 0 atom stereocenters. The second-order valence-corrected chi connectivity index (χ2v) is 8.98. The number of piperazine rings is 1. The molecule has 0 aliphatic carbocycles. The quantitative estimate of drug-likeness (QED) is 0.603. The van der Waals surface area contributed by atoms with Crippen molar-refractivity contribution in [3.8, 4) is 5.69 Å². The highest BCUT2D eigenvalue weighted by molar-refractivity contribution is 6.30. The molecule has 4 rings (SSSR count). The lowest BCUT2D eigenvalue weighted by atomic mass is 9.97. The third-order valence-corrected chi connectivity index (χ3v) is 6.03. The molecule has 1 saturated heterocycles. The maximum absolute atomic E-state index is 13.2. The first kappa shape index (κ1) is 22.0. The van der Waals surface area contributed by atoms with Gasteiger partial charge >= 0.3 is 0 Å². The Bertz CT molecular complexity index is 1140. The standard InChI is InChI=1S/C24H26ClN5O2/c1-4-17-8-10-18(11-9-17)22(31)28-12-13-29(24(2,3)15-28)23(32)21-26-16-30(27-21)20-7-5-6-19(25)14-20/h5-11,14,16H,4,12-13,15H2,1-3H3. The van der Waals surface area contributed by atoms with E-state index in [-0.39, 0.29) is 17.6 Å². The van der Waals surface area contributed by atoms with Gasteiger partial charge in [0.25, 0.3) is 11.8 Å². The lowest BCUT2D eigenvalue weighted by molar-refractivity contribution is 0.0160. The first-order chi connectivity index (χ1) is 15.3. The van der Waals surface area contributed by atoms with Gasteiger partial charge in [0.15, 0.2) is 0 Å². The van der Waals surface area contributed by atoms with E-state index in [2.05, 4.69) is 17.0 Å². The number of hydrogen-bond acceptors (Lipinski definition) is 4. The number of halogens is 1. The second-order valence-electron chi connectivity index (χ2n) is 8.54. The van der Waals surface area contributed by atoms with Crippen molar-refractivity contribution in [3.63, 3.8) is 0 Å². The fourth-order valence-electron chi connectivity index (χ4n) is 4.00. The number of amides is 2. The van der Waals surface area contributed by atoms with E-state index < -0.39 is 5.54 Å². The van der Waals surface area contributed by atoms with Crippen molar-refractivity contribution in [3.05, 3.63) is 76.8 Å². The van der Waals surface area contributed by atoms with Crippen molar-refractivity contribution in [2.45, 2.75) is 32.7 Å². The van der Waals surface area contributed by atoms with Gasteiger partial charge in [-0.3, -0.25) is 9.59 Å². The average Bonchev–Trinajstić information content (AvgIpc) is 3.28. The Labute approximate surface area is 192 Å². The molecule has 1 fully saturated rings. The second kappa shape index (κ2) is 8.74. The Hall–Kier alpha value is -3.19. The van der Waals surface area contributed by atoms with Crippen molar-refractivity contribution in [1.82, 2.24) is 24.6 Å². The molecule has 1 aliphatic rings. The van der Waals surface area contributed by atoms with Crippen LogP contribution in [0.3, 0.4) is 0 Å². The monoisotopic (exact) mass is 451 g/mol. The molecule has 2 amide bonds. The summed E-state index contributed by atoms with van der Waals surface area (Å²) in [5.74, 6) is -0.153. The van der Waals surface area contributed by atoms with E-state index >= 15 is 0 Å². The Morgan fingerprint density at radius 2 is 1.81 bits per heavy atom. The number of aryl methyl sites for hydroxylation is 1. The summed E-state index contributed by atoms with van der Waals surface area (Å²) in [5, 5.41) is 4.94. The molecule has 0 unspecified atom stereocenters. The molecule has 0 N–H and O–H groups in total. The first-order valence-electron chi connectivity index (χ1n) is 10.7. The molecule has 8 heteroatoms. The van der Waals surface area contributed by atoms with Crippen LogP contribution >= 0.6 is 11.6 Å². The molecule has 0 radical (unpaired) electrons. The van der Waals surface area contributed by atoms with E-state index in [1.165, 1.54) is 16.6 Å². The molecular formula is C24H26ClN5O2. The molecule has 0 saturated carbocycles. The van der Waals surface area contributed by atoms with Gasteiger partial charge in [0.1, 0.15) is 6.33 Å². The molecule has 3 aromatic rings. The minimum atomic E-state index is -0.560. The summed E-state index contributed by atoms with van der Waals surface area (Å²) in [6, 6.07) is 14.9. The minimum absolute atomic E-state index is 0.0174. The predicted octanol–water partition coefficient (Wildman–Crippen LogP) is 3.86. The number of benzene rings is 2. The molecule has 2 aromatic carbocycles. The molecule has 1 aliphatic heterocycles. The third-order valence-electron chi connectivity index (χ3n) is 5.80. The van der Waals surface area contributed by atoms with Crippen LogP contribution in [0, 0.1) is 0 Å². The Morgan fingerprint density at radius 1 is 1.06 bits per heavy atom. The van der Waals surface area contributed by atoms with Crippen molar-refractivity contribution in [2.24, 2.45) is 0 Å². The fraction of sp³-hybridized carbons (Fsp3) is 0.333. The van der Waals surface area contributed by atoms with E-state index in [1.54, 1.807) is 17.0 Å². The Balaban J connectivity index is 1.48. The molecule has 0 bridgehead atoms. The van der Waals surface area contributed by atoms with E-state index in [9.17, 15) is 9.59 Å². The van der Waals surface area contributed by atoms with Crippen LogP contribution in [0.1, 0.15) is 47.3 Å². The summed E-state index contributed by atoms with van der Waals surface area (Å²) in [7, 11) is 0. The zero-order chi connectivity index (χ0) is 22.9. The van der Waals surface area contributed by atoms with Gasteiger partial charge in [-0.15, -0.1) is 5.10 Å². The molecule has 1 aromatic heterocycles. The van der Waals surface area contributed by atoms with Gasteiger partial charge in [0.2, 0.25) is 5.82 Å². The van der Waals surface area contributed by atoms with Gasteiger partial charge in [0.05, 0.1) is 11.2 Å². The van der Waals surface area contributed by atoms with E-state index in [0.717, 1.165) is 12.1 Å². The fourth-order valence-corrected chi connectivity index (χ4v) is 4.18. The Kier molecular flexibility index (Phi) is 6.02. The average molecular weight is 452 g/mol. The summed E-state index contributed by atoms with van der Waals surface area (Å²) in [6.07, 6.45) is 2.44. The normalized spacial score (nSPS) is 15.6. The van der Waals surface area contributed by atoms with Gasteiger partial charge in [0, 0.05) is 30.2 Å². The molecule has 32 heavy (non-hydrogen) atoms. The predicted molar refractivity (Wildman–Crippen MR) is 123 cm³/mol. The van der Waals surface area contributed by atoms with Crippen LogP contribution in [0.2, 0.25) is 5.02 Å². The summed E-state index contributed by atoms with van der Waals surface area (Å²) in [6.45, 7) is 7.30. The zero-order valence-electron chi connectivity index (χ0n) is 18.5. The highest BCUT2D eigenvalue weighted by Crippen LogP contribution is 2.24. The molecule has 166 valence electrons. The maximum atomic E-state index is 13.2. The van der Waals surface area contributed by atoms with Crippen LogP contribution in [0.4, 0.5) is 0 Å². The highest BCUT2D eigenvalue weighted by Gasteiger charge is 2.40. The summed E-state index contributed by atoms with van der Waals surface area (Å²) < 4.78 is 1.53. The lowest BCUT2D eigenvalue weighted by Gasteiger charge is -2.46. The van der Waals surface area contributed by atoms with Gasteiger partial charge in [-0.25, -0.2) is 9.67 Å². The van der Waals surface area contributed by atoms with Crippen molar-refractivity contribution >= 4 is 23.4 Å². The number of aromatic nitrogens is 3. The van der Waals surface area contributed by atoms with Crippen molar-refractivity contribution < 1.29 is 9.59 Å². The van der Waals surface area contributed by atoms with Gasteiger partial charge < -0.3 is 9.80 Å². The minimum Gasteiger partial charge on any atom is -0.335 e. The molecule has 2 heterocycles. The van der Waals surface area contributed by atoms with Crippen LogP contribution in [0.5, 0.6) is 0 Å². The Morgan fingerprint density at radius 3 is 2.47 bits per heavy atom.